The van der Waals surface area contributed by atoms with Crippen LogP contribution in [0.1, 0.15) is 12.0 Å². The largest absolute Gasteiger partial charge is 0.444 e. The van der Waals surface area contributed by atoms with Gasteiger partial charge in [-0.2, -0.15) is 0 Å². The first kappa shape index (κ1) is 13.9. The lowest BCUT2D eigenvalue weighted by atomic mass is 10.2. The van der Waals surface area contributed by atoms with Gasteiger partial charge in [-0.25, -0.2) is 4.79 Å². The molecule has 1 atom stereocenters. The third-order valence-electron chi connectivity index (χ3n) is 2.05. The van der Waals surface area contributed by atoms with Gasteiger partial charge < -0.3 is 15.3 Å². The fourth-order valence-electron chi connectivity index (χ4n) is 1.19. The molecule has 0 aliphatic heterocycles. The Kier molecular flexibility index (Phi) is 5.53. The third kappa shape index (κ3) is 5.22. The first-order chi connectivity index (χ1) is 8.61. The molecule has 96 valence electrons. The van der Waals surface area contributed by atoms with Crippen molar-refractivity contribution in [1.29, 1.82) is 0 Å². The van der Waals surface area contributed by atoms with E-state index in [9.17, 15) is 14.4 Å². The van der Waals surface area contributed by atoms with E-state index in [0.29, 0.717) is 6.29 Å². The number of aldehydes is 1. The number of hydrogen-bond donors (Lipinski definition) is 2. The number of carbonyl (C=O) groups excluding carboxylic acids is 3. The zero-order chi connectivity index (χ0) is 13.4. The van der Waals surface area contributed by atoms with Crippen LogP contribution in [0.5, 0.6) is 0 Å². The minimum Gasteiger partial charge on any atom is -0.444 e. The molecule has 0 aromatic heterocycles. The number of hydrogen-bond acceptors (Lipinski definition) is 5. The van der Waals surface area contributed by atoms with Crippen LogP contribution in [-0.4, -0.2) is 24.3 Å². The summed E-state index contributed by atoms with van der Waals surface area (Å²) in [6.45, 7) is 0.0691. The van der Waals surface area contributed by atoms with Crippen LogP contribution in [-0.2, 0) is 20.9 Å². The lowest BCUT2D eigenvalue weighted by molar-refractivity contribution is -0.122. The second-order valence-electron chi connectivity index (χ2n) is 3.61. The molecule has 1 aromatic rings. The van der Waals surface area contributed by atoms with E-state index < -0.39 is 18.0 Å². The van der Waals surface area contributed by atoms with Crippen LogP contribution in [0.3, 0.4) is 0 Å². The molecule has 0 aliphatic rings. The predicted octanol–water partition coefficient (Wildman–Crippen LogP) is 0.356. The normalized spacial score (nSPS) is 11.4. The number of carbonyl (C=O) groups is 3. The maximum Gasteiger partial charge on any atom is 0.414 e. The summed E-state index contributed by atoms with van der Waals surface area (Å²) in [5.74, 6) is -0.646. The number of nitrogens with one attached hydrogen (secondary N) is 1. The van der Waals surface area contributed by atoms with Crippen LogP contribution in [0, 0.1) is 0 Å². The molecule has 0 spiro atoms. The van der Waals surface area contributed by atoms with Crippen LogP contribution >= 0.6 is 0 Å². The molecule has 6 heteroatoms. The Morgan fingerprint density at radius 1 is 1.33 bits per heavy atom. The number of ether oxygens (including phenoxy) is 1. The number of benzene rings is 1. The fraction of sp³-hybridized carbons (Fsp3) is 0.250. The summed E-state index contributed by atoms with van der Waals surface area (Å²) in [7, 11) is 0. The van der Waals surface area contributed by atoms with Crippen LogP contribution in [0.25, 0.3) is 0 Å². The van der Waals surface area contributed by atoms with Gasteiger partial charge in [0.1, 0.15) is 12.9 Å². The Balaban J connectivity index is 2.29. The van der Waals surface area contributed by atoms with Gasteiger partial charge in [0.15, 0.2) is 0 Å². The van der Waals surface area contributed by atoms with E-state index in [1.165, 1.54) is 0 Å². The minimum atomic E-state index is -0.910. The molecule has 0 aliphatic carbocycles. The molecule has 0 fully saturated rings. The highest BCUT2D eigenvalue weighted by Gasteiger charge is 2.12. The number of rotatable bonds is 5. The van der Waals surface area contributed by atoms with Crippen molar-refractivity contribution in [3.63, 3.8) is 0 Å². The second-order valence-corrected chi connectivity index (χ2v) is 3.61. The average Bonchev–Trinajstić information content (AvgIpc) is 2.37. The average molecular weight is 250 g/mol. The van der Waals surface area contributed by atoms with Crippen molar-refractivity contribution >= 4 is 18.3 Å². The maximum atomic E-state index is 11.2. The molecule has 0 saturated heterocycles. The van der Waals surface area contributed by atoms with Gasteiger partial charge in [0, 0.05) is 6.42 Å². The highest BCUT2D eigenvalue weighted by atomic mass is 16.5. The van der Waals surface area contributed by atoms with Crippen molar-refractivity contribution in [3.05, 3.63) is 35.9 Å². The van der Waals surface area contributed by atoms with Crippen molar-refractivity contribution in [3.8, 4) is 0 Å². The number of nitrogens with two attached hydrogens (primary N) is 1. The Bertz CT molecular complexity index is 419. The van der Waals surface area contributed by atoms with E-state index in [2.05, 4.69) is 0 Å². The Labute approximate surface area is 104 Å². The summed E-state index contributed by atoms with van der Waals surface area (Å²) < 4.78 is 4.81. The van der Waals surface area contributed by atoms with E-state index in [-0.39, 0.29) is 13.0 Å². The lowest BCUT2D eigenvalue weighted by Crippen LogP contribution is -2.36. The maximum absolute atomic E-state index is 11.2. The van der Waals surface area contributed by atoms with E-state index in [1.54, 1.807) is 12.1 Å². The molecule has 6 nitrogen and oxygen atoms in total. The topological polar surface area (TPSA) is 98.5 Å². The molecule has 2 amide bonds. The standard InChI is InChI=1S/C12H14N2O4/c13-10(7-15)6-11(16)14-12(17)18-8-9-4-2-1-3-5-9/h1-5,7,10H,6,8,13H2,(H,14,16,17)/t10-/m0/s1. The van der Waals surface area contributed by atoms with Crippen LogP contribution < -0.4 is 11.1 Å². The molecule has 18 heavy (non-hydrogen) atoms. The van der Waals surface area contributed by atoms with Gasteiger partial charge in [-0.1, -0.05) is 30.3 Å². The van der Waals surface area contributed by atoms with Gasteiger partial charge in [0.2, 0.25) is 5.91 Å². The zero-order valence-corrected chi connectivity index (χ0v) is 9.67. The molecule has 0 unspecified atom stereocenters. The first-order valence-corrected chi connectivity index (χ1v) is 5.33. The highest BCUT2D eigenvalue weighted by Crippen LogP contribution is 2.00. The molecule has 0 saturated carbocycles. The van der Waals surface area contributed by atoms with Crippen molar-refractivity contribution in [1.82, 2.24) is 5.32 Å². The molecule has 0 radical (unpaired) electrons. The zero-order valence-electron chi connectivity index (χ0n) is 9.67. The highest BCUT2D eigenvalue weighted by molar-refractivity contribution is 5.93. The van der Waals surface area contributed by atoms with Crippen molar-refractivity contribution in [2.75, 3.05) is 0 Å². The first-order valence-electron chi connectivity index (χ1n) is 5.33. The van der Waals surface area contributed by atoms with Gasteiger partial charge in [-0.05, 0) is 5.56 Å². The molecule has 0 heterocycles. The van der Waals surface area contributed by atoms with E-state index >= 15 is 0 Å². The molecular formula is C12H14N2O4. The van der Waals surface area contributed by atoms with Gasteiger partial charge in [-0.15, -0.1) is 0 Å². The van der Waals surface area contributed by atoms with Gasteiger partial charge in [-0.3, -0.25) is 10.1 Å². The van der Waals surface area contributed by atoms with Gasteiger partial charge in [0.05, 0.1) is 6.04 Å². The van der Waals surface area contributed by atoms with Crippen LogP contribution in [0.4, 0.5) is 4.79 Å². The van der Waals surface area contributed by atoms with E-state index in [0.717, 1.165) is 5.56 Å². The fourth-order valence-corrected chi connectivity index (χ4v) is 1.19. The summed E-state index contributed by atoms with van der Waals surface area (Å²) in [6.07, 6.45) is -0.666. The molecule has 1 rings (SSSR count). The Hall–Kier alpha value is -2.21. The lowest BCUT2D eigenvalue weighted by Gasteiger charge is -2.07. The van der Waals surface area contributed by atoms with Crippen molar-refractivity contribution < 1.29 is 19.1 Å². The summed E-state index contributed by atoms with van der Waals surface area (Å²) in [5.41, 5.74) is 6.04. The van der Waals surface area contributed by atoms with Crippen molar-refractivity contribution in [2.45, 2.75) is 19.1 Å². The SMILES string of the molecule is N[C@H](C=O)CC(=O)NC(=O)OCc1ccccc1. The Morgan fingerprint density at radius 2 is 2.00 bits per heavy atom. The summed E-state index contributed by atoms with van der Waals surface area (Å²) in [4.78, 5) is 32.6. The number of amides is 2. The van der Waals surface area contributed by atoms with E-state index in [4.69, 9.17) is 10.5 Å². The van der Waals surface area contributed by atoms with Crippen LogP contribution in [0.15, 0.2) is 30.3 Å². The summed E-state index contributed by atoms with van der Waals surface area (Å²) in [6, 6.07) is 8.13. The molecular weight excluding hydrogens is 236 g/mol. The van der Waals surface area contributed by atoms with Crippen LogP contribution in [0.2, 0.25) is 0 Å². The number of alkyl carbamates (subject to hydrolysis) is 1. The summed E-state index contributed by atoms with van der Waals surface area (Å²) in [5, 5.41) is 1.98. The van der Waals surface area contributed by atoms with Gasteiger partial charge in [0.25, 0.3) is 0 Å². The van der Waals surface area contributed by atoms with Crippen molar-refractivity contribution in [2.24, 2.45) is 5.73 Å². The second kappa shape index (κ2) is 7.18. The molecule has 0 bridgehead atoms. The summed E-state index contributed by atoms with van der Waals surface area (Å²) >= 11 is 0. The smallest absolute Gasteiger partial charge is 0.414 e. The van der Waals surface area contributed by atoms with E-state index in [1.807, 2.05) is 23.5 Å². The predicted molar refractivity (Wildman–Crippen MR) is 63.4 cm³/mol. The minimum absolute atomic E-state index is 0.0691. The van der Waals surface area contributed by atoms with Gasteiger partial charge >= 0.3 is 6.09 Å². The quantitative estimate of drug-likeness (QED) is 0.735. The number of imide groups is 1. The Morgan fingerprint density at radius 3 is 2.61 bits per heavy atom. The monoisotopic (exact) mass is 250 g/mol. The molecule has 3 N–H and O–H groups in total. The molecule has 1 aromatic carbocycles. The third-order valence-corrected chi connectivity index (χ3v) is 2.05.